The molecule has 1 N–H and O–H groups in total. The van der Waals surface area contributed by atoms with Crippen molar-refractivity contribution in [2.75, 3.05) is 13.2 Å². The van der Waals surface area contributed by atoms with Gasteiger partial charge < -0.3 is 19.5 Å². The van der Waals surface area contributed by atoms with Gasteiger partial charge in [0.25, 0.3) is 6.43 Å². The van der Waals surface area contributed by atoms with E-state index in [4.69, 9.17) is 9.47 Å². The lowest BCUT2D eigenvalue weighted by atomic mass is 9.78. The van der Waals surface area contributed by atoms with Crippen molar-refractivity contribution in [3.8, 4) is 0 Å². The van der Waals surface area contributed by atoms with Crippen molar-refractivity contribution in [1.82, 2.24) is 4.90 Å². The summed E-state index contributed by atoms with van der Waals surface area (Å²) in [5.41, 5.74) is -3.35. The SMILES string of the molecule is Cc1cc2c(s1)C1(CCN(C(=O)OC(C)(C)C)[C@@H](C)C1)OCC2(O)C(F)F. The van der Waals surface area contributed by atoms with E-state index < -0.39 is 29.8 Å². The minimum absolute atomic E-state index is 0.179. The Morgan fingerprint density at radius 1 is 1.48 bits per heavy atom. The summed E-state index contributed by atoms with van der Waals surface area (Å²) in [6, 6.07) is 1.46. The first-order valence-corrected chi connectivity index (χ1v) is 9.95. The summed E-state index contributed by atoms with van der Waals surface area (Å²) in [5, 5.41) is 10.5. The summed E-state index contributed by atoms with van der Waals surface area (Å²) in [5.74, 6) is 0. The molecule has 3 heterocycles. The van der Waals surface area contributed by atoms with Gasteiger partial charge >= 0.3 is 6.09 Å². The molecule has 2 aliphatic heterocycles. The summed E-state index contributed by atoms with van der Waals surface area (Å²) in [6.45, 7) is 9.14. The molecule has 0 aliphatic carbocycles. The van der Waals surface area contributed by atoms with Crippen LogP contribution in [0.25, 0.3) is 0 Å². The van der Waals surface area contributed by atoms with E-state index >= 15 is 0 Å². The van der Waals surface area contributed by atoms with Gasteiger partial charge in [-0.1, -0.05) is 0 Å². The van der Waals surface area contributed by atoms with Gasteiger partial charge in [-0.3, -0.25) is 0 Å². The van der Waals surface area contributed by atoms with Crippen molar-refractivity contribution in [3.05, 3.63) is 21.4 Å². The lowest BCUT2D eigenvalue weighted by Crippen LogP contribution is -2.56. The molecule has 1 spiro atoms. The number of aryl methyl sites for hydroxylation is 1. The highest BCUT2D eigenvalue weighted by Gasteiger charge is 2.55. The second kappa shape index (κ2) is 6.67. The molecule has 5 nitrogen and oxygen atoms in total. The maximum atomic E-state index is 13.6. The summed E-state index contributed by atoms with van der Waals surface area (Å²) in [4.78, 5) is 15.6. The average Bonchev–Trinajstić information content (AvgIpc) is 2.93. The number of thiophene rings is 1. The molecule has 152 valence electrons. The van der Waals surface area contributed by atoms with Gasteiger partial charge in [0, 0.05) is 34.3 Å². The molecule has 2 unspecified atom stereocenters. The predicted octanol–water partition coefficient (Wildman–Crippen LogP) is 4.15. The van der Waals surface area contributed by atoms with E-state index in [-0.39, 0.29) is 17.7 Å². The number of piperidine rings is 1. The van der Waals surface area contributed by atoms with Gasteiger partial charge in [-0.05, 0) is 47.1 Å². The number of halogens is 2. The third kappa shape index (κ3) is 3.59. The summed E-state index contributed by atoms with van der Waals surface area (Å²) >= 11 is 1.38. The number of nitrogens with zero attached hydrogens (tertiary/aromatic N) is 1. The van der Waals surface area contributed by atoms with Crippen LogP contribution in [0.15, 0.2) is 6.07 Å². The van der Waals surface area contributed by atoms with Crippen molar-refractivity contribution >= 4 is 17.4 Å². The van der Waals surface area contributed by atoms with E-state index in [1.807, 2.05) is 34.6 Å². The lowest BCUT2D eigenvalue weighted by Gasteiger charge is -2.49. The minimum atomic E-state index is -2.93. The Bertz CT molecular complexity index is 732. The van der Waals surface area contributed by atoms with Crippen LogP contribution in [0.3, 0.4) is 0 Å². The highest BCUT2D eigenvalue weighted by atomic mass is 32.1. The van der Waals surface area contributed by atoms with Gasteiger partial charge in [-0.2, -0.15) is 0 Å². The molecule has 2 aliphatic rings. The standard InChI is InChI=1S/C19H27F2NO4S/c1-11-9-18(6-7-22(11)16(23)26-17(3,4)5)14-13(8-12(2)27-14)19(24,10-25-18)15(20)21/h8,11,15,24H,6-7,9-10H2,1-5H3/t11-,18?,19?/m0/s1. The van der Waals surface area contributed by atoms with E-state index in [2.05, 4.69) is 0 Å². The molecule has 27 heavy (non-hydrogen) atoms. The fourth-order valence-corrected chi connectivity index (χ4v) is 5.16. The molecular formula is C19H27F2NO4S. The van der Waals surface area contributed by atoms with Crippen LogP contribution in [0.1, 0.15) is 55.9 Å². The number of hydrogen-bond acceptors (Lipinski definition) is 5. The zero-order chi connectivity index (χ0) is 20.2. The third-order valence-electron chi connectivity index (χ3n) is 5.21. The number of ether oxygens (including phenoxy) is 2. The number of likely N-dealkylation sites (tertiary alicyclic amines) is 1. The van der Waals surface area contributed by atoms with E-state index in [0.29, 0.717) is 24.3 Å². The molecule has 1 aromatic heterocycles. The first-order valence-electron chi connectivity index (χ1n) is 9.13. The van der Waals surface area contributed by atoms with Gasteiger partial charge in [-0.25, -0.2) is 13.6 Å². The summed E-state index contributed by atoms with van der Waals surface area (Å²) in [6.07, 6.45) is -2.37. The lowest BCUT2D eigenvalue weighted by molar-refractivity contribution is -0.209. The van der Waals surface area contributed by atoms with E-state index in [1.165, 1.54) is 11.3 Å². The molecular weight excluding hydrogens is 376 g/mol. The van der Waals surface area contributed by atoms with Crippen LogP contribution in [0, 0.1) is 6.92 Å². The number of hydrogen-bond donors (Lipinski definition) is 1. The van der Waals surface area contributed by atoms with Gasteiger partial charge in [0.2, 0.25) is 0 Å². The first-order chi connectivity index (χ1) is 12.4. The fraction of sp³-hybridized carbons (Fsp3) is 0.737. The quantitative estimate of drug-likeness (QED) is 0.765. The van der Waals surface area contributed by atoms with Crippen LogP contribution in [-0.4, -0.2) is 47.3 Å². The van der Waals surface area contributed by atoms with Gasteiger partial charge in [0.1, 0.15) is 11.2 Å². The summed E-state index contributed by atoms with van der Waals surface area (Å²) < 4.78 is 38.5. The molecule has 1 saturated heterocycles. The summed E-state index contributed by atoms with van der Waals surface area (Å²) in [7, 11) is 0. The van der Waals surface area contributed by atoms with Crippen molar-refractivity contribution in [1.29, 1.82) is 0 Å². The van der Waals surface area contributed by atoms with Gasteiger partial charge in [0.15, 0.2) is 5.60 Å². The zero-order valence-electron chi connectivity index (χ0n) is 16.3. The molecule has 1 fully saturated rings. The molecule has 1 amide bonds. The maximum Gasteiger partial charge on any atom is 0.410 e. The molecule has 1 aromatic rings. The van der Waals surface area contributed by atoms with Crippen LogP contribution in [0.2, 0.25) is 0 Å². The van der Waals surface area contributed by atoms with Gasteiger partial charge in [0.05, 0.1) is 6.61 Å². The molecule has 8 heteroatoms. The number of carbonyl (C=O) groups excluding carboxylic acids is 1. The molecule has 0 aromatic carbocycles. The van der Waals surface area contributed by atoms with E-state index in [0.717, 1.165) is 4.88 Å². The normalized spacial score (nSPS) is 31.3. The number of aliphatic hydroxyl groups is 1. The number of fused-ring (bicyclic) bond motifs is 2. The highest BCUT2D eigenvalue weighted by molar-refractivity contribution is 7.12. The monoisotopic (exact) mass is 403 g/mol. The Morgan fingerprint density at radius 3 is 2.70 bits per heavy atom. The zero-order valence-corrected chi connectivity index (χ0v) is 17.2. The van der Waals surface area contributed by atoms with Crippen LogP contribution >= 0.6 is 11.3 Å². The largest absolute Gasteiger partial charge is 0.444 e. The Hall–Kier alpha value is -1.25. The molecule has 3 rings (SSSR count). The molecule has 0 saturated carbocycles. The number of rotatable bonds is 1. The average molecular weight is 403 g/mol. The third-order valence-corrected chi connectivity index (χ3v) is 6.44. The predicted molar refractivity (Wildman–Crippen MR) is 98.2 cm³/mol. The maximum absolute atomic E-state index is 13.6. The van der Waals surface area contributed by atoms with Crippen LogP contribution in [-0.2, 0) is 20.7 Å². The number of carbonyl (C=O) groups is 1. The molecule has 0 bridgehead atoms. The highest BCUT2D eigenvalue weighted by Crippen LogP contribution is 2.52. The Kier molecular flexibility index (Phi) is 5.06. The number of amides is 1. The van der Waals surface area contributed by atoms with Crippen LogP contribution in [0.5, 0.6) is 0 Å². The van der Waals surface area contributed by atoms with E-state index in [9.17, 15) is 18.7 Å². The van der Waals surface area contributed by atoms with Crippen molar-refractivity contribution in [2.45, 2.75) is 76.7 Å². The van der Waals surface area contributed by atoms with Gasteiger partial charge in [-0.15, -0.1) is 11.3 Å². The van der Waals surface area contributed by atoms with Crippen molar-refractivity contribution < 1.29 is 28.2 Å². The minimum Gasteiger partial charge on any atom is -0.444 e. The first kappa shape index (κ1) is 20.5. The second-order valence-electron chi connectivity index (χ2n) is 8.58. The van der Waals surface area contributed by atoms with E-state index in [1.54, 1.807) is 11.0 Å². The number of alkyl halides is 2. The topological polar surface area (TPSA) is 59.0 Å². The smallest absolute Gasteiger partial charge is 0.410 e. The molecule has 0 radical (unpaired) electrons. The molecule has 3 atom stereocenters. The van der Waals surface area contributed by atoms with Crippen LogP contribution < -0.4 is 0 Å². The fourth-order valence-electron chi connectivity index (χ4n) is 3.89. The Labute approximate surface area is 162 Å². The van der Waals surface area contributed by atoms with Crippen LogP contribution in [0.4, 0.5) is 13.6 Å². The van der Waals surface area contributed by atoms with Crippen molar-refractivity contribution in [3.63, 3.8) is 0 Å². The Balaban J connectivity index is 1.87. The second-order valence-corrected chi connectivity index (χ2v) is 9.84. The Morgan fingerprint density at radius 2 is 2.15 bits per heavy atom. The van der Waals surface area contributed by atoms with Crippen molar-refractivity contribution in [2.24, 2.45) is 0 Å².